The minimum Gasteiger partial charge on any atom is -0.493 e. The Hall–Kier alpha value is -1.49. The van der Waals surface area contributed by atoms with Crippen LogP contribution in [0.1, 0.15) is 28.5 Å². The van der Waals surface area contributed by atoms with Gasteiger partial charge in [-0.1, -0.05) is 11.6 Å². The van der Waals surface area contributed by atoms with Crippen LogP contribution in [0, 0.1) is 6.92 Å². The van der Waals surface area contributed by atoms with E-state index in [-0.39, 0.29) is 6.04 Å². The fraction of sp³-hybridized carbons (Fsp3) is 0.333. The van der Waals surface area contributed by atoms with Gasteiger partial charge in [-0.2, -0.15) is 0 Å². The predicted molar refractivity (Wildman–Crippen MR) is 77.9 cm³/mol. The van der Waals surface area contributed by atoms with Gasteiger partial charge >= 0.3 is 0 Å². The smallest absolute Gasteiger partial charge is 0.125 e. The highest BCUT2D eigenvalue weighted by Crippen LogP contribution is 2.35. The molecule has 3 N–H and O–H groups in total. The quantitative estimate of drug-likeness (QED) is 0.672. The molecule has 106 valence electrons. The van der Waals surface area contributed by atoms with Crippen molar-refractivity contribution >= 4 is 11.6 Å². The zero-order valence-electron chi connectivity index (χ0n) is 11.3. The van der Waals surface area contributed by atoms with Crippen LogP contribution in [-0.4, -0.2) is 6.61 Å². The highest BCUT2D eigenvalue weighted by atomic mass is 35.5. The average Bonchev–Trinajstić information content (AvgIpc) is 3.04. The molecule has 2 aromatic rings. The number of furan rings is 1. The van der Waals surface area contributed by atoms with Gasteiger partial charge in [-0.25, -0.2) is 0 Å². The molecule has 1 aliphatic rings. The highest BCUT2D eigenvalue weighted by molar-refractivity contribution is 6.30. The number of rotatable bonds is 4. The maximum Gasteiger partial charge on any atom is 0.125 e. The number of hydrogen-bond donors (Lipinski definition) is 2. The van der Waals surface area contributed by atoms with Crippen LogP contribution < -0.4 is 16.0 Å². The van der Waals surface area contributed by atoms with Gasteiger partial charge in [0, 0.05) is 17.0 Å². The molecule has 3 rings (SSSR count). The number of aryl methyl sites for hydroxylation is 1. The first-order valence-electron chi connectivity index (χ1n) is 6.63. The molecule has 0 radical (unpaired) electrons. The fourth-order valence-corrected chi connectivity index (χ4v) is 3.00. The van der Waals surface area contributed by atoms with E-state index in [0.717, 1.165) is 34.1 Å². The van der Waals surface area contributed by atoms with Crippen LogP contribution in [0.15, 0.2) is 28.9 Å². The summed E-state index contributed by atoms with van der Waals surface area (Å²) in [4.78, 5) is 0. The molecule has 1 atom stereocenters. The molecule has 5 heteroatoms. The molecule has 1 unspecified atom stereocenters. The second kappa shape index (κ2) is 5.48. The molecular weight excluding hydrogens is 276 g/mol. The topological polar surface area (TPSA) is 60.4 Å². The minimum atomic E-state index is -0.0273. The first-order chi connectivity index (χ1) is 9.69. The Morgan fingerprint density at radius 2 is 2.30 bits per heavy atom. The van der Waals surface area contributed by atoms with Gasteiger partial charge in [0.1, 0.15) is 11.5 Å². The van der Waals surface area contributed by atoms with Crippen LogP contribution in [-0.2, 0) is 12.8 Å². The van der Waals surface area contributed by atoms with Crippen molar-refractivity contribution in [1.82, 2.24) is 5.43 Å². The molecular formula is C15H17ClN2O2. The number of fused-ring (bicyclic) bond motifs is 1. The predicted octanol–water partition coefficient (Wildman–Crippen LogP) is 2.92. The summed E-state index contributed by atoms with van der Waals surface area (Å²) in [5.41, 5.74) is 6.15. The second-order valence-corrected chi connectivity index (χ2v) is 5.44. The summed E-state index contributed by atoms with van der Waals surface area (Å²) in [5.74, 6) is 7.52. The molecule has 1 aromatic heterocycles. The minimum absolute atomic E-state index is 0.0273. The van der Waals surface area contributed by atoms with Crippen molar-refractivity contribution in [3.05, 3.63) is 51.9 Å². The summed E-state index contributed by atoms with van der Waals surface area (Å²) in [6, 6.07) is 5.83. The van der Waals surface area contributed by atoms with Crippen molar-refractivity contribution in [1.29, 1.82) is 0 Å². The summed E-state index contributed by atoms with van der Waals surface area (Å²) in [5, 5.41) is 0.740. The van der Waals surface area contributed by atoms with Gasteiger partial charge < -0.3 is 9.15 Å². The van der Waals surface area contributed by atoms with Crippen LogP contribution in [0.2, 0.25) is 5.02 Å². The number of nitrogens with one attached hydrogen (secondary N) is 1. The van der Waals surface area contributed by atoms with Gasteiger partial charge in [0.25, 0.3) is 0 Å². The first kappa shape index (κ1) is 13.5. The Morgan fingerprint density at radius 3 is 3.00 bits per heavy atom. The molecule has 1 aliphatic heterocycles. The molecule has 1 aromatic carbocycles. The van der Waals surface area contributed by atoms with Crippen molar-refractivity contribution in [2.45, 2.75) is 25.8 Å². The van der Waals surface area contributed by atoms with Gasteiger partial charge in [0.2, 0.25) is 0 Å². The summed E-state index contributed by atoms with van der Waals surface area (Å²) in [7, 11) is 0. The van der Waals surface area contributed by atoms with E-state index in [9.17, 15) is 0 Å². The van der Waals surface area contributed by atoms with E-state index in [1.54, 1.807) is 6.26 Å². The SMILES string of the molecule is Cc1occc1C(Cc1cc(Cl)cc2c1OCC2)NN. The fourth-order valence-electron chi connectivity index (χ4n) is 2.73. The standard InChI is InChI=1S/C15H17ClN2O2/c1-9-13(3-5-19-9)14(18-17)8-11-7-12(16)6-10-2-4-20-15(10)11/h3,5-7,14,18H,2,4,8,17H2,1H3. The lowest BCUT2D eigenvalue weighted by atomic mass is 9.97. The normalized spacial score (nSPS) is 14.9. The third kappa shape index (κ3) is 2.42. The Labute approximate surface area is 122 Å². The van der Waals surface area contributed by atoms with Crippen molar-refractivity contribution in [3.63, 3.8) is 0 Å². The van der Waals surface area contributed by atoms with Crippen LogP contribution >= 0.6 is 11.6 Å². The Bertz CT molecular complexity index is 624. The van der Waals surface area contributed by atoms with Gasteiger partial charge in [0.15, 0.2) is 0 Å². The van der Waals surface area contributed by atoms with Gasteiger partial charge in [-0.3, -0.25) is 11.3 Å². The zero-order chi connectivity index (χ0) is 14.1. The highest BCUT2D eigenvalue weighted by Gasteiger charge is 2.22. The molecule has 20 heavy (non-hydrogen) atoms. The van der Waals surface area contributed by atoms with Crippen molar-refractivity contribution in [3.8, 4) is 5.75 Å². The molecule has 0 bridgehead atoms. The van der Waals surface area contributed by atoms with Crippen LogP contribution in [0.4, 0.5) is 0 Å². The third-order valence-corrected chi connectivity index (χ3v) is 3.94. The molecule has 0 spiro atoms. The van der Waals surface area contributed by atoms with E-state index < -0.39 is 0 Å². The number of hydrazine groups is 1. The number of ether oxygens (including phenoxy) is 1. The maximum atomic E-state index is 6.19. The van der Waals surface area contributed by atoms with Crippen LogP contribution in [0.5, 0.6) is 5.75 Å². The second-order valence-electron chi connectivity index (χ2n) is 5.01. The summed E-state index contributed by atoms with van der Waals surface area (Å²) < 4.78 is 11.1. The lowest BCUT2D eigenvalue weighted by Gasteiger charge is -2.17. The Kier molecular flexibility index (Phi) is 3.70. The van der Waals surface area contributed by atoms with Crippen LogP contribution in [0.25, 0.3) is 0 Å². The third-order valence-electron chi connectivity index (χ3n) is 3.72. The van der Waals surface area contributed by atoms with Crippen molar-refractivity contribution in [2.75, 3.05) is 6.61 Å². The molecule has 0 aliphatic carbocycles. The number of nitrogens with two attached hydrogens (primary N) is 1. The van der Waals surface area contributed by atoms with Crippen molar-refractivity contribution in [2.24, 2.45) is 5.84 Å². The van der Waals surface area contributed by atoms with Crippen LogP contribution in [0.3, 0.4) is 0 Å². The van der Waals surface area contributed by atoms with E-state index in [1.165, 1.54) is 5.56 Å². The first-order valence-corrected chi connectivity index (χ1v) is 7.01. The molecule has 0 saturated carbocycles. The summed E-state index contributed by atoms with van der Waals surface area (Å²) in [6.07, 6.45) is 3.29. The lowest BCUT2D eigenvalue weighted by Crippen LogP contribution is -2.29. The number of halogens is 1. The van der Waals surface area contributed by atoms with E-state index >= 15 is 0 Å². The largest absolute Gasteiger partial charge is 0.493 e. The monoisotopic (exact) mass is 292 g/mol. The molecule has 2 heterocycles. The zero-order valence-corrected chi connectivity index (χ0v) is 12.0. The Balaban J connectivity index is 1.92. The number of benzene rings is 1. The van der Waals surface area contributed by atoms with E-state index in [4.69, 9.17) is 26.6 Å². The molecule has 0 amide bonds. The van der Waals surface area contributed by atoms with E-state index in [0.29, 0.717) is 13.0 Å². The summed E-state index contributed by atoms with van der Waals surface area (Å²) in [6.45, 7) is 2.65. The van der Waals surface area contributed by atoms with Crippen molar-refractivity contribution < 1.29 is 9.15 Å². The van der Waals surface area contributed by atoms with E-state index in [1.807, 2.05) is 25.1 Å². The molecule has 0 saturated heterocycles. The lowest BCUT2D eigenvalue weighted by molar-refractivity contribution is 0.351. The molecule has 0 fully saturated rings. The maximum absolute atomic E-state index is 6.19. The van der Waals surface area contributed by atoms with E-state index in [2.05, 4.69) is 5.43 Å². The van der Waals surface area contributed by atoms with Gasteiger partial charge in [-0.15, -0.1) is 0 Å². The average molecular weight is 293 g/mol. The summed E-state index contributed by atoms with van der Waals surface area (Å²) >= 11 is 6.19. The van der Waals surface area contributed by atoms with Gasteiger partial charge in [0.05, 0.1) is 18.9 Å². The Morgan fingerprint density at radius 1 is 1.45 bits per heavy atom. The number of hydrogen-bond acceptors (Lipinski definition) is 4. The molecule has 4 nitrogen and oxygen atoms in total. The van der Waals surface area contributed by atoms with Gasteiger partial charge in [-0.05, 0) is 42.7 Å².